The van der Waals surface area contributed by atoms with E-state index in [9.17, 15) is 4.79 Å². The fourth-order valence-corrected chi connectivity index (χ4v) is 1.75. The molecule has 0 saturated carbocycles. The summed E-state index contributed by atoms with van der Waals surface area (Å²) in [5.41, 5.74) is 3.20. The van der Waals surface area contributed by atoms with E-state index in [1.54, 1.807) is 6.08 Å². The largest absolute Gasteiger partial charge is 0.347 e. The molecule has 0 spiro atoms. The lowest BCUT2D eigenvalue weighted by atomic mass is 10.1. The summed E-state index contributed by atoms with van der Waals surface area (Å²) < 4.78 is 0. The van der Waals surface area contributed by atoms with Crippen molar-refractivity contribution in [2.45, 2.75) is 13.3 Å². The number of allylic oxidation sites excluding steroid dienone is 1. The molecular formula is C17H17O+. The predicted octanol–water partition coefficient (Wildman–Crippen LogP) is 3.86. The molecule has 0 radical (unpaired) electrons. The molecule has 0 unspecified atom stereocenters. The molecule has 1 nitrogen and oxygen atoms in total. The summed E-state index contributed by atoms with van der Waals surface area (Å²) >= 11 is 0. The van der Waals surface area contributed by atoms with Crippen molar-refractivity contribution < 1.29 is 4.79 Å². The van der Waals surface area contributed by atoms with E-state index in [4.69, 9.17) is 0 Å². The average Bonchev–Trinajstić information content (AvgIpc) is 2.46. The molecule has 0 aliphatic rings. The second-order valence-electron chi connectivity index (χ2n) is 4.18. The molecule has 0 amide bonds. The van der Waals surface area contributed by atoms with Crippen LogP contribution in [0.1, 0.15) is 23.6 Å². The predicted molar refractivity (Wildman–Crippen MR) is 77.3 cm³/mol. The molecular weight excluding hydrogens is 220 g/mol. The van der Waals surface area contributed by atoms with Gasteiger partial charge >= 0.3 is 5.78 Å². The van der Waals surface area contributed by atoms with E-state index in [2.05, 4.69) is 6.92 Å². The Kier molecular flexibility index (Phi) is 4.08. The van der Waals surface area contributed by atoms with Crippen LogP contribution in [0.4, 0.5) is 0 Å². The van der Waals surface area contributed by atoms with E-state index in [-0.39, 0.29) is 0 Å². The highest BCUT2D eigenvalue weighted by atomic mass is 16.1. The van der Waals surface area contributed by atoms with Gasteiger partial charge in [-0.1, -0.05) is 49.4 Å². The van der Waals surface area contributed by atoms with Crippen molar-refractivity contribution in [2.24, 2.45) is 0 Å². The molecule has 0 bridgehead atoms. The molecule has 0 fully saturated rings. The number of benzene rings is 2. The number of carbonyl (C=O) groups excluding carboxylic acids is 1. The third kappa shape index (κ3) is 3.17. The van der Waals surface area contributed by atoms with Crippen molar-refractivity contribution in [3.05, 3.63) is 77.4 Å². The Labute approximate surface area is 108 Å². The molecule has 18 heavy (non-hydrogen) atoms. The highest BCUT2D eigenvalue weighted by Gasteiger charge is 2.07. The van der Waals surface area contributed by atoms with Crippen molar-refractivity contribution in [2.75, 3.05) is 0 Å². The van der Waals surface area contributed by atoms with Crippen molar-refractivity contribution in [1.29, 1.82) is 0 Å². The summed E-state index contributed by atoms with van der Waals surface area (Å²) in [5.74, 6) is 0.293. The Morgan fingerprint density at radius 1 is 1.00 bits per heavy atom. The van der Waals surface area contributed by atoms with Crippen molar-refractivity contribution in [3.8, 4) is 0 Å². The van der Waals surface area contributed by atoms with Gasteiger partial charge < -0.3 is 0 Å². The van der Waals surface area contributed by atoms with Crippen molar-refractivity contribution in [3.63, 3.8) is 0 Å². The summed E-state index contributed by atoms with van der Waals surface area (Å²) in [6, 6.07) is 17.9. The van der Waals surface area contributed by atoms with Gasteiger partial charge in [-0.25, -0.2) is 0 Å². The average molecular weight is 237 g/mol. The first-order valence-corrected chi connectivity index (χ1v) is 6.18. The minimum atomic E-state index is 0.293. The maximum Gasteiger partial charge on any atom is 0.347 e. The Hall–Kier alpha value is -2.15. The fourth-order valence-electron chi connectivity index (χ4n) is 1.75. The number of ketones is 1. The molecule has 0 heterocycles. The van der Waals surface area contributed by atoms with Gasteiger partial charge in [-0.15, -0.1) is 0 Å². The molecule has 90 valence electrons. The highest BCUT2D eigenvalue weighted by Crippen LogP contribution is 2.07. The molecule has 2 aromatic rings. The van der Waals surface area contributed by atoms with Gasteiger partial charge in [0.15, 0.2) is 0 Å². The number of hydrogen-bond donors (Lipinski definition) is 0. The van der Waals surface area contributed by atoms with Crippen molar-refractivity contribution in [1.82, 2.24) is 0 Å². The second kappa shape index (κ2) is 5.97. The van der Waals surface area contributed by atoms with E-state index in [1.165, 1.54) is 5.56 Å². The lowest BCUT2D eigenvalue weighted by Crippen LogP contribution is -1.96. The summed E-state index contributed by atoms with van der Waals surface area (Å²) in [6.07, 6.45) is 4.65. The van der Waals surface area contributed by atoms with Gasteiger partial charge in [0.1, 0.15) is 0 Å². The Morgan fingerprint density at radius 2 is 1.67 bits per heavy atom. The van der Waals surface area contributed by atoms with Crippen LogP contribution in [0.5, 0.6) is 0 Å². The van der Waals surface area contributed by atoms with Gasteiger partial charge in [-0.3, -0.25) is 4.79 Å². The topological polar surface area (TPSA) is 21.4 Å². The molecule has 1 N–H and O–H groups in total. The molecule has 0 aliphatic heterocycles. The van der Waals surface area contributed by atoms with E-state index in [1.807, 2.05) is 60.7 Å². The quantitative estimate of drug-likeness (QED) is 0.437. The van der Waals surface area contributed by atoms with Gasteiger partial charge in [0.05, 0.1) is 5.56 Å². The Balaban J connectivity index is 2.09. The minimum Gasteiger partial charge on any atom is -0.273 e. The molecule has 2 rings (SSSR count). The molecule has 0 saturated heterocycles. The van der Waals surface area contributed by atoms with Gasteiger partial charge in [0.2, 0.25) is 0 Å². The molecule has 2 aromatic carbocycles. The van der Waals surface area contributed by atoms with Crippen LogP contribution in [0.3, 0.4) is 0 Å². The molecule has 0 aromatic heterocycles. The van der Waals surface area contributed by atoms with E-state index in [0.717, 1.165) is 17.5 Å². The van der Waals surface area contributed by atoms with Crippen LogP contribution in [-0.4, -0.2) is 10.6 Å². The van der Waals surface area contributed by atoms with Crippen LogP contribution in [0.15, 0.2) is 60.7 Å². The first kappa shape index (κ1) is 12.3. The fraction of sp³-hybridized carbons (Fsp3) is 0.118. The Bertz CT molecular complexity index is 536. The minimum absolute atomic E-state index is 0.293. The lowest BCUT2D eigenvalue weighted by molar-refractivity contribution is 0.682. The van der Waals surface area contributed by atoms with Crippen LogP contribution < -0.4 is 0 Å². The van der Waals surface area contributed by atoms with Crippen LogP contribution in [0, 0.1) is 0 Å². The normalized spacial score (nSPS) is 10.7. The smallest absolute Gasteiger partial charge is 0.273 e. The van der Waals surface area contributed by atoms with Gasteiger partial charge in [0, 0.05) is 6.08 Å². The van der Waals surface area contributed by atoms with Gasteiger partial charge in [0.25, 0.3) is 0 Å². The third-order valence-electron chi connectivity index (χ3n) is 2.89. The SMILES string of the molecule is CCc1ccc(C(=[OH+])/C=C/c2ccccc2)cc1. The maximum absolute atomic E-state index is 9.98. The van der Waals surface area contributed by atoms with Gasteiger partial charge in [-0.2, -0.15) is 0 Å². The number of rotatable bonds is 4. The third-order valence-corrected chi connectivity index (χ3v) is 2.89. The molecule has 1 heteroatoms. The summed E-state index contributed by atoms with van der Waals surface area (Å²) in [6.45, 7) is 2.12. The molecule has 0 aliphatic carbocycles. The standard InChI is InChI=1S/C17H16O/c1-2-14-8-11-16(12-9-14)17(18)13-10-15-6-4-3-5-7-15/h3-13H,2H2,1H3/p+1/b13-10+. The summed E-state index contributed by atoms with van der Waals surface area (Å²) in [5, 5.41) is 0. The zero-order valence-electron chi connectivity index (χ0n) is 10.5. The second-order valence-corrected chi connectivity index (χ2v) is 4.18. The monoisotopic (exact) mass is 237 g/mol. The maximum atomic E-state index is 9.98. The van der Waals surface area contributed by atoms with Crippen LogP contribution >= 0.6 is 0 Å². The van der Waals surface area contributed by atoms with E-state index in [0.29, 0.717) is 5.78 Å². The van der Waals surface area contributed by atoms with Crippen LogP contribution in [0.25, 0.3) is 6.08 Å². The highest BCUT2D eigenvalue weighted by molar-refractivity contribution is 6.07. The van der Waals surface area contributed by atoms with Crippen LogP contribution in [0.2, 0.25) is 0 Å². The van der Waals surface area contributed by atoms with Crippen LogP contribution in [-0.2, 0) is 6.42 Å². The van der Waals surface area contributed by atoms with Gasteiger partial charge in [-0.05, 0) is 35.8 Å². The first-order chi connectivity index (χ1) is 8.79. The number of aryl methyl sites for hydroxylation is 1. The summed E-state index contributed by atoms with van der Waals surface area (Å²) in [4.78, 5) is 9.98. The van der Waals surface area contributed by atoms with Crippen molar-refractivity contribution >= 4 is 11.9 Å². The zero-order chi connectivity index (χ0) is 12.8. The first-order valence-electron chi connectivity index (χ1n) is 6.18. The van der Waals surface area contributed by atoms with E-state index < -0.39 is 0 Å². The van der Waals surface area contributed by atoms with E-state index >= 15 is 0 Å². The molecule has 0 atom stereocenters. The Morgan fingerprint density at radius 3 is 2.28 bits per heavy atom. The zero-order valence-corrected chi connectivity index (χ0v) is 10.5. The lowest BCUT2D eigenvalue weighted by Gasteiger charge is -1.95. The number of hydrogen-bond acceptors (Lipinski definition) is 0. The summed E-state index contributed by atoms with van der Waals surface area (Å²) in [7, 11) is 0.